The Bertz CT molecular complexity index is 738. The van der Waals surface area contributed by atoms with Crippen molar-refractivity contribution in [3.8, 4) is 0 Å². The zero-order valence-corrected chi connectivity index (χ0v) is 14.5. The summed E-state index contributed by atoms with van der Waals surface area (Å²) in [4.78, 5) is 17.3. The van der Waals surface area contributed by atoms with Crippen LogP contribution in [-0.2, 0) is 0 Å². The fourth-order valence-corrected chi connectivity index (χ4v) is 3.87. The molecule has 2 heterocycles. The number of carbonyl (C=O) groups excluding carboxylic acids is 1. The lowest BCUT2D eigenvalue weighted by Crippen LogP contribution is -2.48. The van der Waals surface area contributed by atoms with Crippen molar-refractivity contribution in [2.45, 2.75) is 32.7 Å². The van der Waals surface area contributed by atoms with Crippen LogP contribution >= 0.6 is 0 Å². The van der Waals surface area contributed by atoms with E-state index < -0.39 is 0 Å². The van der Waals surface area contributed by atoms with Gasteiger partial charge in [-0.1, -0.05) is 18.2 Å². The molecule has 4 nitrogen and oxygen atoms in total. The van der Waals surface area contributed by atoms with Crippen molar-refractivity contribution in [1.82, 2.24) is 9.47 Å². The first-order chi connectivity index (χ1) is 11.6. The van der Waals surface area contributed by atoms with Crippen LogP contribution in [0, 0.1) is 13.8 Å². The SMILES string of the molecule is Cc1cc(C(=O)N2CCN(c3ccccc3)CC2)c(C)n1C1CC1. The summed E-state index contributed by atoms with van der Waals surface area (Å²) in [6.45, 7) is 7.60. The molecular weight excluding hydrogens is 298 g/mol. The maximum absolute atomic E-state index is 13.0. The number of para-hydroxylation sites is 1. The molecule has 0 atom stereocenters. The molecule has 0 spiro atoms. The maximum atomic E-state index is 13.0. The number of anilines is 1. The fourth-order valence-electron chi connectivity index (χ4n) is 3.87. The van der Waals surface area contributed by atoms with E-state index in [9.17, 15) is 4.79 Å². The highest BCUT2D eigenvalue weighted by molar-refractivity contribution is 5.96. The number of hydrogen-bond donors (Lipinski definition) is 0. The highest BCUT2D eigenvalue weighted by atomic mass is 16.2. The normalized spacial score (nSPS) is 18.1. The summed E-state index contributed by atoms with van der Waals surface area (Å²) in [6, 6.07) is 13.2. The Morgan fingerprint density at radius 1 is 1.00 bits per heavy atom. The van der Waals surface area contributed by atoms with E-state index in [0.717, 1.165) is 37.4 Å². The molecular formula is C20H25N3O. The molecule has 24 heavy (non-hydrogen) atoms. The van der Waals surface area contributed by atoms with Gasteiger partial charge >= 0.3 is 0 Å². The zero-order valence-electron chi connectivity index (χ0n) is 14.5. The minimum Gasteiger partial charge on any atom is -0.368 e. The van der Waals surface area contributed by atoms with Crippen LogP contribution in [0.3, 0.4) is 0 Å². The molecule has 1 aliphatic heterocycles. The smallest absolute Gasteiger partial charge is 0.255 e. The predicted octanol–water partition coefficient (Wildman–Crippen LogP) is 3.40. The largest absolute Gasteiger partial charge is 0.368 e. The van der Waals surface area contributed by atoms with E-state index in [1.54, 1.807) is 0 Å². The first-order valence-corrected chi connectivity index (χ1v) is 8.93. The molecule has 2 fully saturated rings. The molecule has 0 unspecified atom stereocenters. The van der Waals surface area contributed by atoms with E-state index in [-0.39, 0.29) is 5.91 Å². The van der Waals surface area contributed by atoms with Crippen LogP contribution in [0.25, 0.3) is 0 Å². The molecule has 1 aromatic heterocycles. The third-order valence-electron chi connectivity index (χ3n) is 5.32. The second-order valence-corrected chi connectivity index (χ2v) is 7.00. The van der Waals surface area contributed by atoms with Crippen molar-refractivity contribution < 1.29 is 4.79 Å². The van der Waals surface area contributed by atoms with Crippen molar-refractivity contribution in [3.05, 3.63) is 53.3 Å². The zero-order chi connectivity index (χ0) is 16.7. The van der Waals surface area contributed by atoms with Gasteiger partial charge in [0.25, 0.3) is 5.91 Å². The minimum absolute atomic E-state index is 0.197. The number of carbonyl (C=O) groups is 1. The Hall–Kier alpha value is -2.23. The third-order valence-corrected chi connectivity index (χ3v) is 5.32. The third kappa shape index (κ3) is 2.70. The summed E-state index contributed by atoms with van der Waals surface area (Å²) in [5.41, 5.74) is 4.51. The van der Waals surface area contributed by atoms with Crippen molar-refractivity contribution in [2.75, 3.05) is 31.1 Å². The van der Waals surface area contributed by atoms with Crippen LogP contribution in [0.4, 0.5) is 5.69 Å². The summed E-state index contributed by atoms with van der Waals surface area (Å²) >= 11 is 0. The molecule has 0 bridgehead atoms. The Kier molecular flexibility index (Phi) is 3.83. The first kappa shape index (κ1) is 15.3. The number of aromatic nitrogens is 1. The Morgan fingerprint density at radius 3 is 2.29 bits per heavy atom. The summed E-state index contributed by atoms with van der Waals surface area (Å²) in [7, 11) is 0. The maximum Gasteiger partial charge on any atom is 0.255 e. The van der Waals surface area contributed by atoms with E-state index in [4.69, 9.17) is 0 Å². The van der Waals surface area contributed by atoms with Crippen LogP contribution in [0.15, 0.2) is 36.4 Å². The molecule has 4 heteroatoms. The highest BCUT2D eigenvalue weighted by Gasteiger charge is 2.30. The molecule has 1 aliphatic carbocycles. The second kappa shape index (κ2) is 6.00. The van der Waals surface area contributed by atoms with Gasteiger partial charge in [0.1, 0.15) is 0 Å². The van der Waals surface area contributed by atoms with Crippen molar-refractivity contribution >= 4 is 11.6 Å². The first-order valence-electron chi connectivity index (χ1n) is 8.93. The quantitative estimate of drug-likeness (QED) is 0.866. The molecule has 126 valence electrons. The monoisotopic (exact) mass is 323 g/mol. The number of amides is 1. The van der Waals surface area contributed by atoms with Crippen LogP contribution in [-0.4, -0.2) is 41.6 Å². The highest BCUT2D eigenvalue weighted by Crippen LogP contribution is 2.38. The van der Waals surface area contributed by atoms with Gasteiger partial charge in [-0.05, 0) is 44.9 Å². The van der Waals surface area contributed by atoms with Gasteiger partial charge in [0.2, 0.25) is 0 Å². The fraction of sp³-hybridized carbons (Fsp3) is 0.450. The Morgan fingerprint density at radius 2 is 1.67 bits per heavy atom. The predicted molar refractivity (Wildman–Crippen MR) is 96.7 cm³/mol. The number of rotatable bonds is 3. The van der Waals surface area contributed by atoms with Gasteiger partial charge in [-0.3, -0.25) is 4.79 Å². The number of aryl methyl sites for hydroxylation is 1. The molecule has 0 radical (unpaired) electrons. The number of nitrogens with zero attached hydrogens (tertiary/aromatic N) is 3. The summed E-state index contributed by atoms with van der Waals surface area (Å²) < 4.78 is 2.35. The summed E-state index contributed by atoms with van der Waals surface area (Å²) in [6.07, 6.45) is 2.50. The van der Waals surface area contributed by atoms with Crippen molar-refractivity contribution in [3.63, 3.8) is 0 Å². The minimum atomic E-state index is 0.197. The molecule has 0 N–H and O–H groups in total. The van der Waals surface area contributed by atoms with Gasteiger partial charge in [0.15, 0.2) is 0 Å². The Balaban J connectivity index is 1.46. The van der Waals surface area contributed by atoms with Gasteiger partial charge in [-0.25, -0.2) is 0 Å². The number of piperazine rings is 1. The van der Waals surface area contributed by atoms with E-state index in [0.29, 0.717) is 6.04 Å². The van der Waals surface area contributed by atoms with Gasteiger partial charge in [0.05, 0.1) is 5.56 Å². The van der Waals surface area contributed by atoms with E-state index in [2.05, 4.69) is 53.6 Å². The van der Waals surface area contributed by atoms with Crippen LogP contribution in [0.1, 0.15) is 40.6 Å². The second-order valence-electron chi connectivity index (χ2n) is 7.00. The molecule has 2 aliphatic rings. The average molecular weight is 323 g/mol. The summed E-state index contributed by atoms with van der Waals surface area (Å²) in [5.74, 6) is 0.197. The lowest BCUT2D eigenvalue weighted by molar-refractivity contribution is 0.0746. The number of hydrogen-bond acceptors (Lipinski definition) is 2. The lowest BCUT2D eigenvalue weighted by atomic mass is 10.2. The standard InChI is InChI=1S/C20H25N3O/c1-15-14-19(16(2)23(15)18-8-9-18)20(24)22-12-10-21(11-13-22)17-6-4-3-5-7-17/h3-7,14,18H,8-13H2,1-2H3. The van der Waals surface area contributed by atoms with Crippen LogP contribution in [0.2, 0.25) is 0 Å². The number of benzene rings is 1. The van der Waals surface area contributed by atoms with Gasteiger partial charge < -0.3 is 14.4 Å². The van der Waals surface area contributed by atoms with E-state index in [1.807, 2.05) is 11.0 Å². The molecule has 2 aromatic rings. The summed E-state index contributed by atoms with van der Waals surface area (Å²) in [5, 5.41) is 0. The van der Waals surface area contributed by atoms with Crippen molar-refractivity contribution in [2.24, 2.45) is 0 Å². The topological polar surface area (TPSA) is 28.5 Å². The van der Waals surface area contributed by atoms with E-state index >= 15 is 0 Å². The van der Waals surface area contributed by atoms with E-state index in [1.165, 1.54) is 24.2 Å². The van der Waals surface area contributed by atoms with Gasteiger partial charge in [-0.15, -0.1) is 0 Å². The van der Waals surface area contributed by atoms with Crippen molar-refractivity contribution in [1.29, 1.82) is 0 Å². The lowest BCUT2D eigenvalue weighted by Gasteiger charge is -2.36. The average Bonchev–Trinajstić information content (AvgIpc) is 3.40. The van der Waals surface area contributed by atoms with Gasteiger partial charge in [0, 0.05) is 49.3 Å². The molecule has 4 rings (SSSR count). The molecule has 1 amide bonds. The van der Waals surface area contributed by atoms with Gasteiger partial charge in [-0.2, -0.15) is 0 Å². The van der Waals surface area contributed by atoms with Crippen LogP contribution in [0.5, 0.6) is 0 Å². The van der Waals surface area contributed by atoms with Crippen LogP contribution < -0.4 is 4.90 Å². The molecule has 1 aromatic carbocycles. The molecule has 1 saturated carbocycles. The Labute approximate surface area is 143 Å². The molecule has 1 saturated heterocycles.